The number of anilines is 1. The van der Waals surface area contributed by atoms with Crippen molar-refractivity contribution in [1.82, 2.24) is 4.98 Å². The predicted octanol–water partition coefficient (Wildman–Crippen LogP) is 3.22. The van der Waals surface area contributed by atoms with Crippen LogP contribution >= 0.6 is 11.3 Å². The van der Waals surface area contributed by atoms with Gasteiger partial charge in [-0.05, 0) is 26.0 Å². The number of aromatic nitrogens is 1. The van der Waals surface area contributed by atoms with E-state index in [1.807, 2.05) is 0 Å². The molecule has 1 aromatic carbocycles. The number of carbonyl (C=O) groups excluding carboxylic acids is 1. The summed E-state index contributed by atoms with van der Waals surface area (Å²) in [7, 11) is 0. The van der Waals surface area contributed by atoms with Crippen molar-refractivity contribution in [2.75, 3.05) is 5.32 Å². The summed E-state index contributed by atoms with van der Waals surface area (Å²) in [5, 5.41) is 4.69. The molecule has 2 rings (SSSR count). The van der Waals surface area contributed by atoms with E-state index < -0.39 is 23.1 Å². The van der Waals surface area contributed by atoms with Gasteiger partial charge in [-0.15, -0.1) is 11.3 Å². The van der Waals surface area contributed by atoms with Crippen LogP contribution in [-0.2, 0) is 4.79 Å². The van der Waals surface area contributed by atoms with Crippen molar-refractivity contribution in [2.45, 2.75) is 19.4 Å². The Morgan fingerprint density at radius 3 is 2.75 bits per heavy atom. The first-order valence-corrected chi connectivity index (χ1v) is 6.61. The van der Waals surface area contributed by atoms with Crippen molar-refractivity contribution in [2.24, 2.45) is 0 Å². The monoisotopic (exact) mass is 298 g/mol. The summed E-state index contributed by atoms with van der Waals surface area (Å²) in [5.41, 5.74) is -1.33. The molecule has 4 nitrogen and oxygen atoms in total. The average Bonchev–Trinajstić information content (AvgIpc) is 2.85. The van der Waals surface area contributed by atoms with Crippen molar-refractivity contribution in [3.8, 4) is 5.75 Å². The van der Waals surface area contributed by atoms with Crippen LogP contribution in [0.25, 0.3) is 0 Å². The first-order chi connectivity index (χ1) is 9.38. The zero-order valence-electron chi connectivity index (χ0n) is 10.8. The van der Waals surface area contributed by atoms with Crippen LogP contribution in [0.5, 0.6) is 5.75 Å². The van der Waals surface area contributed by atoms with Crippen LogP contribution in [0.4, 0.5) is 13.9 Å². The number of benzene rings is 1. The number of hydrogen-bond acceptors (Lipinski definition) is 4. The maximum absolute atomic E-state index is 13.5. The molecule has 20 heavy (non-hydrogen) atoms. The second-order valence-electron chi connectivity index (χ2n) is 4.48. The van der Waals surface area contributed by atoms with Gasteiger partial charge in [0, 0.05) is 17.6 Å². The molecule has 1 aromatic heterocycles. The highest BCUT2D eigenvalue weighted by Crippen LogP contribution is 2.24. The quantitative estimate of drug-likeness (QED) is 0.943. The van der Waals surface area contributed by atoms with Crippen LogP contribution in [0.2, 0.25) is 0 Å². The highest BCUT2D eigenvalue weighted by molar-refractivity contribution is 7.13. The van der Waals surface area contributed by atoms with E-state index in [9.17, 15) is 13.6 Å². The summed E-state index contributed by atoms with van der Waals surface area (Å²) in [4.78, 5) is 16.0. The van der Waals surface area contributed by atoms with E-state index in [2.05, 4.69) is 10.3 Å². The fourth-order valence-electron chi connectivity index (χ4n) is 1.41. The third kappa shape index (κ3) is 3.30. The Kier molecular flexibility index (Phi) is 3.99. The van der Waals surface area contributed by atoms with E-state index in [1.165, 1.54) is 25.2 Å². The van der Waals surface area contributed by atoms with Crippen molar-refractivity contribution in [3.05, 3.63) is 41.4 Å². The van der Waals surface area contributed by atoms with Gasteiger partial charge in [0.1, 0.15) is 5.82 Å². The summed E-state index contributed by atoms with van der Waals surface area (Å²) >= 11 is 1.26. The second kappa shape index (κ2) is 5.54. The SMILES string of the molecule is CC(C)(Oc1ccc(F)cc1F)C(=O)Nc1nccs1. The molecule has 1 heterocycles. The molecule has 0 unspecified atom stereocenters. The smallest absolute Gasteiger partial charge is 0.269 e. The number of nitrogens with one attached hydrogen (secondary N) is 1. The van der Waals surface area contributed by atoms with Crippen LogP contribution in [0.3, 0.4) is 0 Å². The van der Waals surface area contributed by atoms with Gasteiger partial charge < -0.3 is 4.74 Å². The van der Waals surface area contributed by atoms with Gasteiger partial charge in [-0.2, -0.15) is 0 Å². The Hall–Kier alpha value is -2.02. The van der Waals surface area contributed by atoms with Gasteiger partial charge in [0.2, 0.25) is 0 Å². The lowest BCUT2D eigenvalue weighted by Gasteiger charge is -2.24. The standard InChI is InChI=1S/C13H12F2N2O2S/c1-13(2,11(18)17-12-16-5-6-20-12)19-10-4-3-8(14)7-9(10)15/h3-7H,1-2H3,(H,16,17,18). The van der Waals surface area contributed by atoms with E-state index >= 15 is 0 Å². The normalized spacial score (nSPS) is 11.2. The predicted molar refractivity (Wildman–Crippen MR) is 71.8 cm³/mol. The van der Waals surface area contributed by atoms with Crippen molar-refractivity contribution in [3.63, 3.8) is 0 Å². The molecule has 106 valence electrons. The van der Waals surface area contributed by atoms with Gasteiger partial charge in [-0.3, -0.25) is 10.1 Å². The largest absolute Gasteiger partial charge is 0.475 e. The number of hydrogen-bond donors (Lipinski definition) is 1. The molecular formula is C13H12F2N2O2S. The minimum atomic E-state index is -1.33. The fraction of sp³-hybridized carbons (Fsp3) is 0.231. The topological polar surface area (TPSA) is 51.2 Å². The number of halogens is 2. The second-order valence-corrected chi connectivity index (χ2v) is 5.37. The zero-order chi connectivity index (χ0) is 14.8. The average molecular weight is 298 g/mol. The van der Waals surface area contributed by atoms with E-state index in [0.717, 1.165) is 12.1 Å². The molecule has 0 bridgehead atoms. The summed E-state index contributed by atoms with van der Waals surface area (Å²) in [6.07, 6.45) is 1.55. The number of amides is 1. The summed E-state index contributed by atoms with van der Waals surface area (Å²) in [5.74, 6) is -2.23. The summed E-state index contributed by atoms with van der Waals surface area (Å²) in [6.45, 7) is 2.97. The third-order valence-electron chi connectivity index (χ3n) is 2.46. The first-order valence-electron chi connectivity index (χ1n) is 5.73. The van der Waals surface area contributed by atoms with Crippen LogP contribution in [0, 0.1) is 11.6 Å². The van der Waals surface area contributed by atoms with Crippen molar-refractivity contribution in [1.29, 1.82) is 0 Å². The van der Waals surface area contributed by atoms with E-state index in [1.54, 1.807) is 11.6 Å². The Morgan fingerprint density at radius 1 is 1.40 bits per heavy atom. The molecular weight excluding hydrogens is 286 g/mol. The lowest BCUT2D eigenvalue weighted by molar-refractivity contribution is -0.128. The maximum Gasteiger partial charge on any atom is 0.269 e. The summed E-state index contributed by atoms with van der Waals surface area (Å²) in [6, 6.07) is 2.90. The van der Waals surface area contributed by atoms with Crippen LogP contribution in [0.15, 0.2) is 29.8 Å². The molecule has 0 spiro atoms. The molecule has 0 saturated carbocycles. The molecule has 0 atom stereocenters. The van der Waals surface area contributed by atoms with Crippen molar-refractivity contribution >= 4 is 22.4 Å². The fourth-order valence-corrected chi connectivity index (χ4v) is 1.94. The van der Waals surface area contributed by atoms with Gasteiger partial charge in [0.15, 0.2) is 22.3 Å². The molecule has 0 saturated heterocycles. The minimum absolute atomic E-state index is 0.189. The van der Waals surface area contributed by atoms with Crippen LogP contribution in [0.1, 0.15) is 13.8 Å². The third-order valence-corrected chi connectivity index (χ3v) is 3.15. The number of carbonyl (C=O) groups is 1. The Bertz CT molecular complexity index is 615. The maximum atomic E-state index is 13.5. The Morgan fingerprint density at radius 2 is 2.15 bits per heavy atom. The highest BCUT2D eigenvalue weighted by atomic mass is 32.1. The first kappa shape index (κ1) is 14.4. The minimum Gasteiger partial charge on any atom is -0.475 e. The molecule has 2 aromatic rings. The molecule has 1 amide bonds. The van der Waals surface area contributed by atoms with Gasteiger partial charge in [0.05, 0.1) is 0 Å². The molecule has 0 aliphatic rings. The number of ether oxygens (including phenoxy) is 1. The molecule has 0 aliphatic heterocycles. The lowest BCUT2D eigenvalue weighted by Crippen LogP contribution is -2.42. The number of rotatable bonds is 4. The van der Waals surface area contributed by atoms with Crippen LogP contribution in [-0.4, -0.2) is 16.5 Å². The Labute approximate surface area is 118 Å². The molecule has 1 N–H and O–H groups in total. The van der Waals surface area contributed by atoms with Gasteiger partial charge in [0.25, 0.3) is 5.91 Å². The molecule has 0 radical (unpaired) electrons. The summed E-state index contributed by atoms with van der Waals surface area (Å²) < 4.78 is 31.6. The number of thiazole rings is 1. The zero-order valence-corrected chi connectivity index (χ0v) is 11.6. The molecule has 7 heteroatoms. The van der Waals surface area contributed by atoms with Crippen molar-refractivity contribution < 1.29 is 18.3 Å². The van der Waals surface area contributed by atoms with E-state index in [-0.39, 0.29) is 5.75 Å². The van der Waals surface area contributed by atoms with Gasteiger partial charge in [-0.1, -0.05) is 0 Å². The van der Waals surface area contributed by atoms with Gasteiger partial charge in [-0.25, -0.2) is 13.8 Å². The highest BCUT2D eigenvalue weighted by Gasteiger charge is 2.31. The van der Waals surface area contributed by atoms with Crippen LogP contribution < -0.4 is 10.1 Å². The van der Waals surface area contributed by atoms with E-state index in [4.69, 9.17) is 4.74 Å². The Balaban J connectivity index is 2.11. The molecule has 0 fully saturated rings. The molecule has 0 aliphatic carbocycles. The van der Waals surface area contributed by atoms with E-state index in [0.29, 0.717) is 11.2 Å². The van der Waals surface area contributed by atoms with Gasteiger partial charge >= 0.3 is 0 Å². The number of nitrogens with zero attached hydrogens (tertiary/aromatic N) is 1. The lowest BCUT2D eigenvalue weighted by atomic mass is 10.1.